The number of carboxylic acid groups (broad SMARTS) is 1. The van der Waals surface area contributed by atoms with Crippen molar-refractivity contribution in [1.82, 2.24) is 0 Å². The van der Waals surface area contributed by atoms with Crippen LogP contribution in [0.3, 0.4) is 0 Å². The molecular formula is C16H22O3. The van der Waals surface area contributed by atoms with Crippen LogP contribution in [0.5, 0.6) is 0 Å². The quantitative estimate of drug-likeness (QED) is 0.876. The zero-order valence-electron chi connectivity index (χ0n) is 11.4. The number of aliphatic carboxylic acids is 1. The number of hydrogen-bond donors (Lipinski definition) is 2. The fourth-order valence-electron chi connectivity index (χ4n) is 3.31. The van der Waals surface area contributed by atoms with E-state index in [4.69, 9.17) is 0 Å². The van der Waals surface area contributed by atoms with Crippen LogP contribution in [0.1, 0.15) is 50.5 Å². The van der Waals surface area contributed by atoms with Gasteiger partial charge < -0.3 is 10.2 Å². The van der Waals surface area contributed by atoms with Gasteiger partial charge in [0.15, 0.2) is 0 Å². The van der Waals surface area contributed by atoms with Crippen LogP contribution >= 0.6 is 0 Å². The minimum atomic E-state index is -1.02. The number of hydrogen-bond acceptors (Lipinski definition) is 2. The van der Waals surface area contributed by atoms with Gasteiger partial charge in [-0.1, -0.05) is 37.3 Å². The highest BCUT2D eigenvalue weighted by Crippen LogP contribution is 2.42. The first kappa shape index (κ1) is 14.1. The van der Waals surface area contributed by atoms with Gasteiger partial charge in [-0.2, -0.15) is 0 Å². The summed E-state index contributed by atoms with van der Waals surface area (Å²) in [6.45, 7) is 1.83. The summed E-state index contributed by atoms with van der Waals surface area (Å²) in [5.74, 6) is -1.06. The third-order valence-corrected chi connectivity index (χ3v) is 4.48. The van der Waals surface area contributed by atoms with Crippen LogP contribution in [0.15, 0.2) is 30.3 Å². The van der Waals surface area contributed by atoms with E-state index in [-0.39, 0.29) is 0 Å². The molecular weight excluding hydrogens is 240 g/mol. The second-order valence-electron chi connectivity index (χ2n) is 5.59. The zero-order valence-corrected chi connectivity index (χ0v) is 11.4. The number of aliphatic hydroxyl groups is 1. The number of rotatable bonds is 4. The maximum atomic E-state index is 11.2. The molecule has 0 aliphatic heterocycles. The van der Waals surface area contributed by atoms with Gasteiger partial charge in [0.05, 0.1) is 11.5 Å². The average molecular weight is 262 g/mol. The Labute approximate surface area is 114 Å². The van der Waals surface area contributed by atoms with Crippen LogP contribution in [0.25, 0.3) is 0 Å². The molecule has 1 saturated carbocycles. The first-order chi connectivity index (χ1) is 9.07. The van der Waals surface area contributed by atoms with Gasteiger partial charge in [-0.05, 0) is 43.6 Å². The largest absolute Gasteiger partial charge is 0.481 e. The van der Waals surface area contributed by atoms with Gasteiger partial charge in [-0.25, -0.2) is 0 Å². The minimum absolute atomic E-state index is 0.452. The van der Waals surface area contributed by atoms with Crippen LogP contribution in [-0.2, 0) is 4.79 Å². The highest BCUT2D eigenvalue weighted by molar-refractivity contribution is 5.71. The number of carboxylic acids is 1. The number of carbonyl (C=O) groups is 1. The Morgan fingerprint density at radius 3 is 2.37 bits per heavy atom. The highest BCUT2D eigenvalue weighted by Gasteiger charge is 2.43. The molecule has 0 amide bonds. The van der Waals surface area contributed by atoms with Gasteiger partial charge in [0.1, 0.15) is 0 Å². The van der Waals surface area contributed by atoms with Crippen molar-refractivity contribution in [2.45, 2.75) is 50.5 Å². The van der Waals surface area contributed by atoms with Crippen LogP contribution < -0.4 is 0 Å². The van der Waals surface area contributed by atoms with Crippen molar-refractivity contribution in [2.24, 2.45) is 5.92 Å². The van der Waals surface area contributed by atoms with Gasteiger partial charge in [-0.3, -0.25) is 4.79 Å². The van der Waals surface area contributed by atoms with Crippen molar-refractivity contribution >= 4 is 5.97 Å². The van der Waals surface area contributed by atoms with E-state index in [0.717, 1.165) is 12.8 Å². The molecule has 19 heavy (non-hydrogen) atoms. The molecule has 0 heterocycles. The maximum Gasteiger partial charge on any atom is 0.309 e. The summed E-state index contributed by atoms with van der Waals surface area (Å²) in [7, 11) is 0. The molecule has 2 rings (SSSR count). The average Bonchev–Trinajstić information content (AvgIpc) is 2.40. The molecule has 0 spiro atoms. The Kier molecular flexibility index (Phi) is 4.25. The van der Waals surface area contributed by atoms with Crippen molar-refractivity contribution in [1.29, 1.82) is 0 Å². The standard InChI is InChI=1S/C16H22O3/c1-2-14(15(17)18)16(19)10-8-13(9-11-16)12-6-4-3-5-7-12/h3-7,13-14,19H,2,8-11H2,1H3,(H,17,18). The van der Waals surface area contributed by atoms with Crippen LogP contribution in [-0.4, -0.2) is 21.8 Å². The maximum absolute atomic E-state index is 11.2. The Hall–Kier alpha value is -1.35. The molecule has 0 bridgehead atoms. The molecule has 1 aromatic rings. The normalized spacial score (nSPS) is 28.8. The number of benzene rings is 1. The lowest BCUT2D eigenvalue weighted by molar-refractivity contribution is -0.155. The van der Waals surface area contributed by atoms with Crippen LogP contribution in [0.4, 0.5) is 0 Å². The van der Waals surface area contributed by atoms with E-state index in [1.807, 2.05) is 25.1 Å². The Morgan fingerprint density at radius 1 is 1.32 bits per heavy atom. The Morgan fingerprint density at radius 2 is 1.89 bits per heavy atom. The monoisotopic (exact) mass is 262 g/mol. The molecule has 0 radical (unpaired) electrons. The van der Waals surface area contributed by atoms with Gasteiger partial charge in [0.2, 0.25) is 0 Å². The van der Waals surface area contributed by atoms with Crippen molar-refractivity contribution in [3.63, 3.8) is 0 Å². The molecule has 2 N–H and O–H groups in total. The zero-order chi connectivity index (χ0) is 13.9. The minimum Gasteiger partial charge on any atom is -0.481 e. The van der Waals surface area contributed by atoms with E-state index < -0.39 is 17.5 Å². The van der Waals surface area contributed by atoms with E-state index in [2.05, 4.69) is 12.1 Å². The molecule has 1 atom stereocenters. The topological polar surface area (TPSA) is 57.5 Å². The van der Waals surface area contributed by atoms with Crippen molar-refractivity contribution < 1.29 is 15.0 Å². The van der Waals surface area contributed by atoms with Crippen LogP contribution in [0.2, 0.25) is 0 Å². The predicted octanol–water partition coefficient (Wildman–Crippen LogP) is 3.19. The molecule has 1 aliphatic rings. The summed E-state index contributed by atoms with van der Waals surface area (Å²) in [5, 5.41) is 19.8. The summed E-state index contributed by atoms with van der Waals surface area (Å²) >= 11 is 0. The van der Waals surface area contributed by atoms with Gasteiger partial charge >= 0.3 is 5.97 Å². The van der Waals surface area contributed by atoms with Gasteiger partial charge in [0, 0.05) is 0 Å². The van der Waals surface area contributed by atoms with E-state index in [0.29, 0.717) is 25.2 Å². The Bertz CT molecular complexity index is 419. The third kappa shape index (κ3) is 2.98. The van der Waals surface area contributed by atoms with Crippen molar-refractivity contribution in [3.8, 4) is 0 Å². The van der Waals surface area contributed by atoms with E-state index in [1.54, 1.807) is 0 Å². The van der Waals surface area contributed by atoms with Crippen molar-refractivity contribution in [2.75, 3.05) is 0 Å². The third-order valence-electron chi connectivity index (χ3n) is 4.48. The fourth-order valence-corrected chi connectivity index (χ4v) is 3.31. The Balaban J connectivity index is 2.04. The van der Waals surface area contributed by atoms with Gasteiger partial charge in [0.25, 0.3) is 0 Å². The van der Waals surface area contributed by atoms with E-state index >= 15 is 0 Å². The molecule has 104 valence electrons. The van der Waals surface area contributed by atoms with E-state index in [9.17, 15) is 15.0 Å². The second kappa shape index (κ2) is 5.74. The molecule has 3 heteroatoms. The van der Waals surface area contributed by atoms with Gasteiger partial charge in [-0.15, -0.1) is 0 Å². The molecule has 3 nitrogen and oxygen atoms in total. The lowest BCUT2D eigenvalue weighted by Gasteiger charge is -2.39. The fraction of sp³-hybridized carbons (Fsp3) is 0.562. The van der Waals surface area contributed by atoms with Crippen LogP contribution in [0, 0.1) is 5.92 Å². The second-order valence-corrected chi connectivity index (χ2v) is 5.59. The summed E-state index contributed by atoms with van der Waals surface area (Å²) in [6.07, 6.45) is 3.38. The first-order valence-corrected chi connectivity index (χ1v) is 7.07. The molecule has 0 aromatic heterocycles. The SMILES string of the molecule is CCC(C(=O)O)C1(O)CCC(c2ccccc2)CC1. The highest BCUT2D eigenvalue weighted by atomic mass is 16.4. The summed E-state index contributed by atoms with van der Waals surface area (Å²) in [6, 6.07) is 10.3. The molecule has 1 aliphatic carbocycles. The summed E-state index contributed by atoms with van der Waals surface area (Å²) < 4.78 is 0. The lowest BCUT2D eigenvalue weighted by Crippen LogP contribution is -2.44. The first-order valence-electron chi connectivity index (χ1n) is 7.07. The summed E-state index contributed by atoms with van der Waals surface area (Å²) in [5.41, 5.74) is 0.277. The smallest absolute Gasteiger partial charge is 0.309 e. The summed E-state index contributed by atoms with van der Waals surface area (Å²) in [4.78, 5) is 11.2. The van der Waals surface area contributed by atoms with E-state index in [1.165, 1.54) is 5.56 Å². The van der Waals surface area contributed by atoms with Crippen molar-refractivity contribution in [3.05, 3.63) is 35.9 Å². The molecule has 1 unspecified atom stereocenters. The molecule has 1 aromatic carbocycles. The lowest BCUT2D eigenvalue weighted by atomic mass is 9.70. The molecule has 0 saturated heterocycles. The molecule has 1 fully saturated rings. The predicted molar refractivity (Wildman–Crippen MR) is 74.0 cm³/mol.